The van der Waals surface area contributed by atoms with Crippen LogP contribution in [0.2, 0.25) is 5.02 Å². The summed E-state index contributed by atoms with van der Waals surface area (Å²) in [6.07, 6.45) is 0.381. The molecule has 1 saturated heterocycles. The third-order valence-corrected chi connectivity index (χ3v) is 5.48. The number of halogens is 1. The first-order chi connectivity index (χ1) is 13.6. The molecule has 28 heavy (non-hydrogen) atoms. The second-order valence-corrected chi connectivity index (χ2v) is 7.43. The van der Waals surface area contributed by atoms with Crippen molar-refractivity contribution in [1.29, 1.82) is 0 Å². The van der Waals surface area contributed by atoms with Crippen molar-refractivity contribution in [3.63, 3.8) is 0 Å². The third kappa shape index (κ3) is 3.87. The Kier molecular flexibility index (Phi) is 5.31. The minimum absolute atomic E-state index is 0.0159. The monoisotopic (exact) mass is 392 g/mol. The fourth-order valence-corrected chi connectivity index (χ4v) is 3.78. The number of amides is 2. The zero-order valence-electron chi connectivity index (χ0n) is 15.5. The normalized spacial score (nSPS) is 14.3. The predicted octanol–water partition coefficient (Wildman–Crippen LogP) is 4.02. The summed E-state index contributed by atoms with van der Waals surface area (Å²) < 4.78 is 0. The fourth-order valence-electron chi connectivity index (χ4n) is 3.66. The van der Waals surface area contributed by atoms with Gasteiger partial charge in [-0.3, -0.25) is 9.59 Å². The van der Waals surface area contributed by atoms with E-state index in [0.29, 0.717) is 43.2 Å². The number of hydrogen-bond acceptors (Lipinski definition) is 2. The molecular weight excluding hydrogens is 372 g/mol. The topological polar surface area (TPSA) is 40.6 Å². The van der Waals surface area contributed by atoms with Gasteiger partial charge in [0.2, 0.25) is 5.91 Å². The molecule has 1 aliphatic rings. The van der Waals surface area contributed by atoms with Crippen LogP contribution in [0.4, 0.5) is 0 Å². The molecule has 4 rings (SSSR count). The van der Waals surface area contributed by atoms with Crippen molar-refractivity contribution in [1.82, 2.24) is 9.80 Å². The van der Waals surface area contributed by atoms with Crippen LogP contribution in [-0.4, -0.2) is 47.8 Å². The van der Waals surface area contributed by atoms with E-state index in [1.54, 1.807) is 29.2 Å². The Hall–Kier alpha value is -2.85. The zero-order valence-corrected chi connectivity index (χ0v) is 16.2. The summed E-state index contributed by atoms with van der Waals surface area (Å²) in [5.41, 5.74) is 1.67. The van der Waals surface area contributed by atoms with Crippen LogP contribution in [0.1, 0.15) is 15.9 Å². The highest BCUT2D eigenvalue weighted by Gasteiger charge is 2.25. The molecule has 0 atom stereocenters. The number of nitrogens with zero attached hydrogens (tertiary/aromatic N) is 2. The standard InChI is InChI=1S/C23H21ClN2O2/c24-20-10-8-18(9-11-20)23(28)26-14-12-25(13-15-26)22(27)16-19-6-3-5-17-4-1-2-7-21(17)19/h1-11H,12-16H2. The van der Waals surface area contributed by atoms with Gasteiger partial charge in [-0.2, -0.15) is 0 Å². The second-order valence-electron chi connectivity index (χ2n) is 6.99. The van der Waals surface area contributed by atoms with E-state index in [2.05, 4.69) is 18.2 Å². The zero-order chi connectivity index (χ0) is 19.5. The van der Waals surface area contributed by atoms with Crippen LogP contribution in [0.25, 0.3) is 10.8 Å². The number of hydrogen-bond donors (Lipinski definition) is 0. The quantitative estimate of drug-likeness (QED) is 0.675. The molecule has 0 N–H and O–H groups in total. The Bertz CT molecular complexity index is 1000. The molecule has 1 aliphatic heterocycles. The van der Waals surface area contributed by atoms with Gasteiger partial charge in [0.05, 0.1) is 6.42 Å². The van der Waals surface area contributed by atoms with Crippen molar-refractivity contribution < 1.29 is 9.59 Å². The lowest BCUT2D eigenvalue weighted by Crippen LogP contribution is -2.51. The van der Waals surface area contributed by atoms with E-state index in [0.717, 1.165) is 16.3 Å². The SMILES string of the molecule is O=C(Cc1cccc2ccccc12)N1CCN(C(=O)c2ccc(Cl)cc2)CC1. The average molecular weight is 393 g/mol. The first-order valence-electron chi connectivity index (χ1n) is 9.41. The first-order valence-corrected chi connectivity index (χ1v) is 9.79. The molecule has 0 radical (unpaired) electrons. The van der Waals surface area contributed by atoms with Crippen LogP contribution in [0.15, 0.2) is 66.7 Å². The summed E-state index contributed by atoms with van der Waals surface area (Å²) in [6.45, 7) is 2.21. The van der Waals surface area contributed by atoms with Crippen LogP contribution < -0.4 is 0 Å². The van der Waals surface area contributed by atoms with E-state index < -0.39 is 0 Å². The van der Waals surface area contributed by atoms with Gasteiger partial charge >= 0.3 is 0 Å². The molecule has 0 bridgehead atoms. The Morgan fingerprint density at radius 3 is 2.18 bits per heavy atom. The summed E-state index contributed by atoms with van der Waals surface area (Å²) in [6, 6.07) is 21.1. The molecule has 5 heteroatoms. The van der Waals surface area contributed by atoms with Crippen molar-refractivity contribution >= 4 is 34.2 Å². The smallest absolute Gasteiger partial charge is 0.253 e. The van der Waals surface area contributed by atoms with Crippen molar-refractivity contribution in [2.24, 2.45) is 0 Å². The Morgan fingerprint density at radius 2 is 1.43 bits per heavy atom. The molecule has 0 unspecified atom stereocenters. The molecule has 0 aliphatic carbocycles. The lowest BCUT2D eigenvalue weighted by Gasteiger charge is -2.35. The van der Waals surface area contributed by atoms with E-state index in [4.69, 9.17) is 11.6 Å². The summed E-state index contributed by atoms with van der Waals surface area (Å²) in [5, 5.41) is 2.88. The molecule has 1 fully saturated rings. The molecule has 0 spiro atoms. The van der Waals surface area contributed by atoms with Crippen molar-refractivity contribution in [2.45, 2.75) is 6.42 Å². The molecule has 3 aromatic carbocycles. The van der Waals surface area contributed by atoms with Gasteiger partial charge in [-0.1, -0.05) is 54.1 Å². The number of carbonyl (C=O) groups excluding carboxylic acids is 2. The number of fused-ring (bicyclic) bond motifs is 1. The van der Waals surface area contributed by atoms with Crippen LogP contribution in [0.3, 0.4) is 0 Å². The van der Waals surface area contributed by atoms with Gasteiger partial charge in [0.1, 0.15) is 0 Å². The third-order valence-electron chi connectivity index (χ3n) is 5.23. The van der Waals surface area contributed by atoms with Gasteiger partial charge in [0, 0.05) is 36.8 Å². The molecule has 0 aromatic heterocycles. The molecule has 3 aromatic rings. The summed E-state index contributed by atoms with van der Waals surface area (Å²) in [7, 11) is 0. The number of carbonyl (C=O) groups is 2. The molecule has 1 heterocycles. The minimum atomic E-state index is -0.0159. The Balaban J connectivity index is 1.38. The molecule has 0 saturated carbocycles. The van der Waals surface area contributed by atoms with E-state index in [-0.39, 0.29) is 11.8 Å². The lowest BCUT2D eigenvalue weighted by molar-refractivity contribution is -0.131. The van der Waals surface area contributed by atoms with Crippen LogP contribution in [-0.2, 0) is 11.2 Å². The van der Waals surface area contributed by atoms with Crippen molar-refractivity contribution in [2.75, 3.05) is 26.2 Å². The maximum Gasteiger partial charge on any atom is 0.253 e. The van der Waals surface area contributed by atoms with Gasteiger partial charge in [0.25, 0.3) is 5.91 Å². The van der Waals surface area contributed by atoms with Gasteiger partial charge in [0.15, 0.2) is 0 Å². The molecular formula is C23H21ClN2O2. The molecule has 142 valence electrons. The van der Waals surface area contributed by atoms with E-state index >= 15 is 0 Å². The van der Waals surface area contributed by atoms with Crippen molar-refractivity contribution in [3.05, 3.63) is 82.9 Å². The minimum Gasteiger partial charge on any atom is -0.339 e. The van der Waals surface area contributed by atoms with Gasteiger partial charge in [-0.15, -0.1) is 0 Å². The molecule has 4 nitrogen and oxygen atoms in total. The van der Waals surface area contributed by atoms with Crippen LogP contribution in [0.5, 0.6) is 0 Å². The highest BCUT2D eigenvalue weighted by Crippen LogP contribution is 2.20. The Morgan fingerprint density at radius 1 is 0.786 bits per heavy atom. The lowest BCUT2D eigenvalue weighted by atomic mass is 10.0. The molecule has 2 amide bonds. The maximum atomic E-state index is 12.8. The maximum absolute atomic E-state index is 12.8. The number of piperazine rings is 1. The van der Waals surface area contributed by atoms with Gasteiger partial charge in [-0.05, 0) is 40.6 Å². The summed E-state index contributed by atoms with van der Waals surface area (Å²) in [5.74, 6) is 0.0905. The summed E-state index contributed by atoms with van der Waals surface area (Å²) in [4.78, 5) is 29.1. The van der Waals surface area contributed by atoms with Crippen molar-refractivity contribution in [3.8, 4) is 0 Å². The van der Waals surface area contributed by atoms with Gasteiger partial charge < -0.3 is 9.80 Å². The van der Waals surface area contributed by atoms with E-state index in [1.807, 2.05) is 29.2 Å². The highest BCUT2D eigenvalue weighted by atomic mass is 35.5. The second kappa shape index (κ2) is 8.03. The number of benzene rings is 3. The van der Waals surface area contributed by atoms with E-state index in [1.165, 1.54) is 0 Å². The Labute approximate surface area is 169 Å². The highest BCUT2D eigenvalue weighted by molar-refractivity contribution is 6.30. The predicted molar refractivity (Wildman–Crippen MR) is 112 cm³/mol. The van der Waals surface area contributed by atoms with Crippen LogP contribution in [0, 0.1) is 0 Å². The average Bonchev–Trinajstić information content (AvgIpc) is 2.74. The van der Waals surface area contributed by atoms with Crippen LogP contribution >= 0.6 is 11.6 Å². The first kappa shape index (κ1) is 18.5. The largest absolute Gasteiger partial charge is 0.339 e. The number of rotatable bonds is 3. The summed E-state index contributed by atoms with van der Waals surface area (Å²) >= 11 is 5.89. The fraction of sp³-hybridized carbons (Fsp3) is 0.217. The van der Waals surface area contributed by atoms with E-state index in [9.17, 15) is 9.59 Å². The van der Waals surface area contributed by atoms with Gasteiger partial charge in [-0.25, -0.2) is 0 Å².